The number of hydrogen-bond donors (Lipinski definition) is 2. The zero-order chi connectivity index (χ0) is 13.9. The molecule has 2 fully saturated rings. The van der Waals surface area contributed by atoms with Gasteiger partial charge in [0.1, 0.15) is 5.69 Å². The van der Waals surface area contributed by atoms with E-state index in [2.05, 4.69) is 20.5 Å². The SMILES string of the molecule is CCNc1ccnc(C(=O)NC2CCN3CCCC23)c1. The highest BCUT2D eigenvalue weighted by atomic mass is 16.2. The summed E-state index contributed by atoms with van der Waals surface area (Å²) < 4.78 is 0. The zero-order valence-electron chi connectivity index (χ0n) is 11.9. The number of nitrogens with one attached hydrogen (secondary N) is 2. The molecule has 0 spiro atoms. The van der Waals surface area contributed by atoms with Gasteiger partial charge in [-0.15, -0.1) is 0 Å². The van der Waals surface area contributed by atoms with Crippen molar-refractivity contribution in [2.75, 3.05) is 25.0 Å². The van der Waals surface area contributed by atoms with Crippen molar-refractivity contribution in [3.05, 3.63) is 24.0 Å². The van der Waals surface area contributed by atoms with Gasteiger partial charge in [-0.2, -0.15) is 0 Å². The van der Waals surface area contributed by atoms with Gasteiger partial charge in [0.2, 0.25) is 0 Å². The third-order valence-electron chi connectivity index (χ3n) is 4.30. The topological polar surface area (TPSA) is 57.3 Å². The van der Waals surface area contributed by atoms with Gasteiger partial charge < -0.3 is 10.6 Å². The van der Waals surface area contributed by atoms with Gasteiger partial charge in [-0.1, -0.05) is 0 Å². The number of nitrogens with zero attached hydrogens (tertiary/aromatic N) is 2. The largest absolute Gasteiger partial charge is 0.385 e. The van der Waals surface area contributed by atoms with E-state index in [9.17, 15) is 4.79 Å². The van der Waals surface area contributed by atoms with Gasteiger partial charge in [0.05, 0.1) is 0 Å². The maximum atomic E-state index is 12.3. The minimum Gasteiger partial charge on any atom is -0.385 e. The van der Waals surface area contributed by atoms with Crippen LogP contribution in [0.2, 0.25) is 0 Å². The van der Waals surface area contributed by atoms with E-state index in [1.54, 1.807) is 6.20 Å². The Morgan fingerprint density at radius 1 is 1.45 bits per heavy atom. The second-order valence-electron chi connectivity index (χ2n) is 5.57. The second-order valence-corrected chi connectivity index (χ2v) is 5.57. The van der Waals surface area contributed by atoms with Gasteiger partial charge in [0.25, 0.3) is 5.91 Å². The Balaban J connectivity index is 1.65. The monoisotopic (exact) mass is 274 g/mol. The molecule has 108 valence electrons. The number of anilines is 1. The van der Waals surface area contributed by atoms with Gasteiger partial charge in [0.15, 0.2) is 0 Å². The van der Waals surface area contributed by atoms with Crippen LogP contribution in [0.3, 0.4) is 0 Å². The molecule has 3 rings (SSSR count). The molecule has 1 amide bonds. The summed E-state index contributed by atoms with van der Waals surface area (Å²) in [5, 5.41) is 6.37. The van der Waals surface area contributed by atoms with Crippen LogP contribution in [0.5, 0.6) is 0 Å². The van der Waals surface area contributed by atoms with E-state index in [0.29, 0.717) is 11.7 Å². The predicted octanol–water partition coefficient (Wildman–Crippen LogP) is 1.48. The number of fused-ring (bicyclic) bond motifs is 1. The van der Waals surface area contributed by atoms with Crippen molar-refractivity contribution in [1.82, 2.24) is 15.2 Å². The molecule has 5 nitrogen and oxygen atoms in total. The van der Waals surface area contributed by atoms with Crippen LogP contribution in [-0.2, 0) is 0 Å². The van der Waals surface area contributed by atoms with Crippen LogP contribution < -0.4 is 10.6 Å². The number of carbonyl (C=O) groups excluding carboxylic acids is 1. The number of carbonyl (C=O) groups is 1. The molecular weight excluding hydrogens is 252 g/mol. The third-order valence-corrected chi connectivity index (χ3v) is 4.30. The quantitative estimate of drug-likeness (QED) is 0.873. The maximum absolute atomic E-state index is 12.3. The van der Waals surface area contributed by atoms with Gasteiger partial charge in [-0.3, -0.25) is 14.7 Å². The highest BCUT2D eigenvalue weighted by Gasteiger charge is 2.37. The van der Waals surface area contributed by atoms with E-state index >= 15 is 0 Å². The molecule has 2 N–H and O–H groups in total. The minimum absolute atomic E-state index is 0.0523. The number of pyridine rings is 1. The first-order valence-electron chi connectivity index (χ1n) is 7.53. The van der Waals surface area contributed by atoms with Gasteiger partial charge in [-0.25, -0.2) is 0 Å². The Labute approximate surface area is 119 Å². The average molecular weight is 274 g/mol. The van der Waals surface area contributed by atoms with Crippen molar-refractivity contribution in [1.29, 1.82) is 0 Å². The highest BCUT2D eigenvalue weighted by Crippen LogP contribution is 2.28. The Morgan fingerprint density at radius 3 is 3.20 bits per heavy atom. The number of amides is 1. The smallest absolute Gasteiger partial charge is 0.270 e. The minimum atomic E-state index is -0.0523. The van der Waals surface area contributed by atoms with Crippen molar-refractivity contribution in [3.8, 4) is 0 Å². The van der Waals surface area contributed by atoms with Crippen LogP contribution in [0.4, 0.5) is 5.69 Å². The van der Waals surface area contributed by atoms with Gasteiger partial charge >= 0.3 is 0 Å². The fourth-order valence-corrected chi connectivity index (χ4v) is 3.36. The van der Waals surface area contributed by atoms with Crippen molar-refractivity contribution < 1.29 is 4.79 Å². The van der Waals surface area contributed by atoms with Gasteiger partial charge in [-0.05, 0) is 44.9 Å². The van der Waals surface area contributed by atoms with Crippen molar-refractivity contribution in [2.45, 2.75) is 38.3 Å². The molecule has 0 aromatic carbocycles. The van der Waals surface area contributed by atoms with Crippen LogP contribution in [-0.4, -0.2) is 47.5 Å². The Morgan fingerprint density at radius 2 is 2.35 bits per heavy atom. The molecule has 2 saturated heterocycles. The van der Waals surface area contributed by atoms with Crippen molar-refractivity contribution in [3.63, 3.8) is 0 Å². The Bertz CT molecular complexity index is 491. The first-order chi connectivity index (χ1) is 9.78. The number of rotatable bonds is 4. The van der Waals surface area contributed by atoms with E-state index in [0.717, 1.165) is 25.2 Å². The Hall–Kier alpha value is -1.62. The van der Waals surface area contributed by atoms with Crippen LogP contribution in [0.25, 0.3) is 0 Å². The molecule has 2 aliphatic heterocycles. The van der Waals surface area contributed by atoms with Crippen molar-refractivity contribution >= 4 is 11.6 Å². The lowest BCUT2D eigenvalue weighted by atomic mass is 10.1. The highest BCUT2D eigenvalue weighted by molar-refractivity contribution is 5.93. The molecule has 2 aliphatic rings. The number of hydrogen-bond acceptors (Lipinski definition) is 4. The molecule has 2 atom stereocenters. The lowest BCUT2D eigenvalue weighted by molar-refractivity contribution is 0.0924. The van der Waals surface area contributed by atoms with E-state index in [-0.39, 0.29) is 11.9 Å². The summed E-state index contributed by atoms with van der Waals surface area (Å²) in [4.78, 5) is 19.0. The molecule has 0 radical (unpaired) electrons. The molecule has 1 aromatic heterocycles. The summed E-state index contributed by atoms with van der Waals surface area (Å²) >= 11 is 0. The summed E-state index contributed by atoms with van der Waals surface area (Å²) in [7, 11) is 0. The lowest BCUT2D eigenvalue weighted by Crippen LogP contribution is -2.42. The lowest BCUT2D eigenvalue weighted by Gasteiger charge is -2.21. The first kappa shape index (κ1) is 13.4. The van der Waals surface area contributed by atoms with Crippen LogP contribution >= 0.6 is 0 Å². The summed E-state index contributed by atoms with van der Waals surface area (Å²) in [6, 6.07) is 4.53. The summed E-state index contributed by atoms with van der Waals surface area (Å²) in [5.41, 5.74) is 1.45. The van der Waals surface area contributed by atoms with E-state index in [4.69, 9.17) is 0 Å². The molecule has 2 unspecified atom stereocenters. The van der Waals surface area contributed by atoms with Crippen molar-refractivity contribution in [2.24, 2.45) is 0 Å². The molecule has 0 bridgehead atoms. The predicted molar refractivity (Wildman–Crippen MR) is 78.9 cm³/mol. The number of aromatic nitrogens is 1. The molecule has 3 heterocycles. The van der Waals surface area contributed by atoms with Crippen LogP contribution in [0.15, 0.2) is 18.3 Å². The van der Waals surface area contributed by atoms with E-state index in [1.807, 2.05) is 19.1 Å². The fraction of sp³-hybridized carbons (Fsp3) is 0.600. The fourth-order valence-electron chi connectivity index (χ4n) is 3.36. The molecule has 0 aliphatic carbocycles. The average Bonchev–Trinajstić information content (AvgIpc) is 3.04. The molecular formula is C15H22N4O. The molecule has 0 saturated carbocycles. The molecule has 1 aromatic rings. The van der Waals surface area contributed by atoms with Crippen LogP contribution in [0, 0.1) is 0 Å². The second kappa shape index (κ2) is 5.79. The summed E-state index contributed by atoms with van der Waals surface area (Å²) in [6.45, 7) is 5.17. The molecule has 5 heteroatoms. The van der Waals surface area contributed by atoms with E-state index < -0.39 is 0 Å². The maximum Gasteiger partial charge on any atom is 0.270 e. The van der Waals surface area contributed by atoms with Gasteiger partial charge in [0, 0.05) is 37.1 Å². The Kier molecular flexibility index (Phi) is 3.87. The van der Waals surface area contributed by atoms with E-state index in [1.165, 1.54) is 19.4 Å². The van der Waals surface area contributed by atoms with Crippen LogP contribution in [0.1, 0.15) is 36.7 Å². The normalized spacial score (nSPS) is 25.4. The standard InChI is InChI=1S/C15H22N4O/c1-2-16-11-5-7-17-13(10-11)15(20)18-12-6-9-19-8-3-4-14(12)19/h5,7,10,12,14H,2-4,6,8-9H2,1H3,(H,16,17)(H,18,20). The molecule has 20 heavy (non-hydrogen) atoms. The zero-order valence-corrected chi connectivity index (χ0v) is 11.9. The third kappa shape index (κ3) is 2.63. The summed E-state index contributed by atoms with van der Waals surface area (Å²) in [6.07, 6.45) is 5.20. The summed E-state index contributed by atoms with van der Waals surface area (Å²) in [5.74, 6) is -0.0523. The first-order valence-corrected chi connectivity index (χ1v) is 7.53.